The van der Waals surface area contributed by atoms with Gasteiger partial charge in [0.05, 0.1) is 6.26 Å². The number of anilines is 2. The van der Waals surface area contributed by atoms with Crippen molar-refractivity contribution in [3.8, 4) is 0 Å². The van der Waals surface area contributed by atoms with Crippen molar-refractivity contribution in [2.75, 3.05) is 22.8 Å². The minimum Gasteiger partial charge on any atom is -0.330 e. The van der Waals surface area contributed by atoms with E-state index in [0.29, 0.717) is 30.3 Å². The van der Waals surface area contributed by atoms with Gasteiger partial charge in [-0.25, -0.2) is 8.42 Å². The number of sulfonamides is 1. The van der Waals surface area contributed by atoms with Crippen LogP contribution in [0, 0.1) is 5.92 Å². The van der Waals surface area contributed by atoms with E-state index in [-0.39, 0.29) is 5.91 Å². The van der Waals surface area contributed by atoms with Gasteiger partial charge in [0.1, 0.15) is 0 Å². The van der Waals surface area contributed by atoms with Crippen LogP contribution >= 0.6 is 0 Å². The van der Waals surface area contributed by atoms with Crippen molar-refractivity contribution in [1.29, 1.82) is 0 Å². The lowest BCUT2D eigenvalue weighted by atomic mass is 10.0. The second kappa shape index (κ2) is 7.99. The summed E-state index contributed by atoms with van der Waals surface area (Å²) in [5.74, 6) is 0.379. The second-order valence-electron chi connectivity index (χ2n) is 5.22. The fraction of sp³-hybridized carbons (Fsp3) is 0.500. The molecule has 1 atom stereocenters. The van der Waals surface area contributed by atoms with Crippen LogP contribution < -0.4 is 15.8 Å². The number of nitrogens with two attached hydrogens (primary N) is 1. The molecule has 0 aromatic heterocycles. The van der Waals surface area contributed by atoms with Gasteiger partial charge in [0.2, 0.25) is 15.9 Å². The number of hydrogen-bond acceptors (Lipinski definition) is 4. The highest BCUT2D eigenvalue weighted by molar-refractivity contribution is 7.92. The van der Waals surface area contributed by atoms with Crippen molar-refractivity contribution in [3.05, 3.63) is 24.3 Å². The fourth-order valence-electron chi connectivity index (χ4n) is 1.87. The average molecular weight is 313 g/mol. The summed E-state index contributed by atoms with van der Waals surface area (Å²) in [6, 6.07) is 6.53. The Hall–Kier alpha value is -1.60. The number of hydrogen-bond donors (Lipinski definition) is 3. The van der Waals surface area contributed by atoms with E-state index in [1.165, 1.54) is 0 Å². The van der Waals surface area contributed by atoms with E-state index in [9.17, 15) is 13.2 Å². The minimum absolute atomic E-state index is 0.0531. The highest BCUT2D eigenvalue weighted by Gasteiger charge is 2.07. The Morgan fingerprint density at radius 1 is 1.19 bits per heavy atom. The van der Waals surface area contributed by atoms with Crippen LogP contribution in [-0.4, -0.2) is 27.1 Å². The molecule has 0 spiro atoms. The average Bonchev–Trinajstić information content (AvgIpc) is 2.37. The molecule has 0 aliphatic carbocycles. The Bertz CT molecular complexity index is 555. The molecule has 0 saturated heterocycles. The molecule has 0 aliphatic heterocycles. The predicted molar refractivity (Wildman–Crippen MR) is 85.6 cm³/mol. The van der Waals surface area contributed by atoms with Crippen LogP contribution in [0.4, 0.5) is 11.4 Å². The molecule has 0 saturated carbocycles. The maximum atomic E-state index is 11.8. The summed E-state index contributed by atoms with van der Waals surface area (Å²) in [6.07, 6.45) is 3.26. The van der Waals surface area contributed by atoms with Gasteiger partial charge < -0.3 is 11.1 Å². The van der Waals surface area contributed by atoms with E-state index in [0.717, 1.165) is 19.1 Å². The molecule has 0 fully saturated rings. The first kappa shape index (κ1) is 17.5. The number of carbonyl (C=O) groups is 1. The largest absolute Gasteiger partial charge is 0.330 e. The van der Waals surface area contributed by atoms with Gasteiger partial charge in [-0.05, 0) is 49.6 Å². The summed E-state index contributed by atoms with van der Waals surface area (Å²) in [5.41, 5.74) is 6.58. The summed E-state index contributed by atoms with van der Waals surface area (Å²) in [5, 5.41) is 2.78. The van der Waals surface area contributed by atoms with Crippen molar-refractivity contribution in [3.63, 3.8) is 0 Å². The number of nitrogens with one attached hydrogen (secondary N) is 2. The third kappa shape index (κ3) is 7.67. The van der Waals surface area contributed by atoms with Crippen LogP contribution in [0.3, 0.4) is 0 Å². The molecule has 118 valence electrons. The van der Waals surface area contributed by atoms with Gasteiger partial charge in [0.25, 0.3) is 0 Å². The van der Waals surface area contributed by atoms with Crippen molar-refractivity contribution in [1.82, 2.24) is 0 Å². The predicted octanol–water partition coefficient (Wildman–Crippen LogP) is 1.76. The summed E-state index contributed by atoms with van der Waals surface area (Å²) >= 11 is 0. The van der Waals surface area contributed by atoms with Crippen LogP contribution in [0.2, 0.25) is 0 Å². The van der Waals surface area contributed by atoms with Gasteiger partial charge in [-0.1, -0.05) is 6.92 Å². The number of carbonyl (C=O) groups excluding carboxylic acids is 1. The molecule has 0 heterocycles. The Morgan fingerprint density at radius 2 is 1.76 bits per heavy atom. The zero-order valence-corrected chi connectivity index (χ0v) is 13.2. The van der Waals surface area contributed by atoms with Crippen molar-refractivity contribution in [2.24, 2.45) is 11.7 Å². The lowest BCUT2D eigenvalue weighted by Gasteiger charge is -2.10. The molecular formula is C14H23N3O3S. The third-order valence-corrected chi connectivity index (χ3v) is 3.60. The summed E-state index contributed by atoms with van der Waals surface area (Å²) < 4.78 is 24.5. The quantitative estimate of drug-likeness (QED) is 0.680. The number of amides is 1. The normalized spacial score (nSPS) is 12.7. The Labute approximate surface area is 126 Å². The summed E-state index contributed by atoms with van der Waals surface area (Å²) in [6.45, 7) is 2.71. The Kier molecular flexibility index (Phi) is 6.64. The molecule has 0 radical (unpaired) electrons. The molecule has 1 unspecified atom stereocenters. The van der Waals surface area contributed by atoms with Crippen molar-refractivity contribution in [2.45, 2.75) is 26.2 Å². The second-order valence-corrected chi connectivity index (χ2v) is 6.97. The molecular weight excluding hydrogens is 290 g/mol. The van der Waals surface area contributed by atoms with Gasteiger partial charge in [-0.2, -0.15) is 0 Å². The van der Waals surface area contributed by atoms with Gasteiger partial charge in [0.15, 0.2) is 0 Å². The van der Waals surface area contributed by atoms with Crippen molar-refractivity contribution < 1.29 is 13.2 Å². The van der Waals surface area contributed by atoms with E-state index < -0.39 is 10.0 Å². The smallest absolute Gasteiger partial charge is 0.229 e. The highest BCUT2D eigenvalue weighted by Crippen LogP contribution is 2.16. The van der Waals surface area contributed by atoms with Crippen LogP contribution in [0.1, 0.15) is 26.2 Å². The minimum atomic E-state index is -3.28. The third-order valence-electron chi connectivity index (χ3n) is 3.00. The molecule has 0 aliphatic rings. The Balaban J connectivity index is 2.46. The van der Waals surface area contributed by atoms with Crippen LogP contribution in [0.5, 0.6) is 0 Å². The van der Waals surface area contributed by atoms with E-state index in [1.807, 2.05) is 0 Å². The maximum Gasteiger partial charge on any atom is 0.229 e. The molecule has 0 bridgehead atoms. The molecule has 1 aromatic rings. The van der Waals surface area contributed by atoms with E-state index >= 15 is 0 Å². The monoisotopic (exact) mass is 313 g/mol. The molecule has 7 heteroatoms. The highest BCUT2D eigenvalue weighted by atomic mass is 32.2. The van der Waals surface area contributed by atoms with Crippen LogP contribution in [0.15, 0.2) is 24.3 Å². The first-order valence-electron chi connectivity index (χ1n) is 6.88. The SMILES string of the molecule is CC(CCN)CCC(=O)Nc1ccc(NS(C)(=O)=O)cc1. The standard InChI is InChI=1S/C14H23N3O3S/c1-11(9-10-15)3-8-14(18)16-12-4-6-13(7-5-12)17-21(2,19)20/h4-7,11,17H,3,8-10,15H2,1-2H3,(H,16,18). The van der Waals surface area contributed by atoms with Crippen LogP contribution in [0.25, 0.3) is 0 Å². The van der Waals surface area contributed by atoms with Gasteiger partial charge in [0, 0.05) is 17.8 Å². The summed E-state index contributed by atoms with van der Waals surface area (Å²) in [4.78, 5) is 11.8. The molecule has 4 N–H and O–H groups in total. The molecule has 1 rings (SSSR count). The zero-order chi connectivity index (χ0) is 15.9. The fourth-order valence-corrected chi connectivity index (χ4v) is 2.43. The molecule has 21 heavy (non-hydrogen) atoms. The first-order valence-corrected chi connectivity index (χ1v) is 8.77. The van der Waals surface area contributed by atoms with Gasteiger partial charge in [-0.15, -0.1) is 0 Å². The van der Waals surface area contributed by atoms with Crippen molar-refractivity contribution >= 4 is 27.3 Å². The van der Waals surface area contributed by atoms with E-state index in [2.05, 4.69) is 17.0 Å². The zero-order valence-electron chi connectivity index (χ0n) is 12.4. The first-order chi connectivity index (χ1) is 9.80. The molecule has 1 aromatic carbocycles. The van der Waals surface area contributed by atoms with Crippen LogP contribution in [-0.2, 0) is 14.8 Å². The van der Waals surface area contributed by atoms with Gasteiger partial charge >= 0.3 is 0 Å². The lowest BCUT2D eigenvalue weighted by Crippen LogP contribution is -2.14. The molecule has 1 amide bonds. The lowest BCUT2D eigenvalue weighted by molar-refractivity contribution is -0.116. The van der Waals surface area contributed by atoms with Gasteiger partial charge in [-0.3, -0.25) is 9.52 Å². The van der Waals surface area contributed by atoms with E-state index in [1.54, 1.807) is 24.3 Å². The summed E-state index contributed by atoms with van der Waals surface area (Å²) in [7, 11) is -3.28. The maximum absolute atomic E-state index is 11.8. The van der Waals surface area contributed by atoms with E-state index in [4.69, 9.17) is 5.73 Å². The number of benzene rings is 1. The Morgan fingerprint density at radius 3 is 2.29 bits per heavy atom. The number of rotatable bonds is 8. The molecule has 6 nitrogen and oxygen atoms in total. The topological polar surface area (TPSA) is 101 Å².